The minimum absolute atomic E-state index is 0.00901. The van der Waals surface area contributed by atoms with Crippen molar-refractivity contribution in [2.45, 2.75) is 52.7 Å². The number of carbonyl (C=O) groups is 1. The first-order chi connectivity index (χ1) is 8.64. The Labute approximate surface area is 114 Å². The molecule has 0 spiro atoms. The molecule has 1 saturated heterocycles. The van der Waals surface area contributed by atoms with Crippen LogP contribution in [0.1, 0.15) is 50.7 Å². The van der Waals surface area contributed by atoms with Crippen molar-refractivity contribution in [1.29, 1.82) is 0 Å². The summed E-state index contributed by atoms with van der Waals surface area (Å²) < 4.78 is 12.0. The second kappa shape index (κ2) is 4.42. The molecule has 0 aliphatic carbocycles. The zero-order valence-electron chi connectivity index (χ0n) is 12.4. The van der Waals surface area contributed by atoms with Crippen LogP contribution in [-0.4, -0.2) is 29.1 Å². The van der Waals surface area contributed by atoms with E-state index < -0.39 is 18.3 Å². The second-order valence-corrected chi connectivity index (χ2v) is 6.04. The van der Waals surface area contributed by atoms with E-state index in [-0.39, 0.29) is 5.78 Å². The van der Waals surface area contributed by atoms with Gasteiger partial charge in [-0.25, -0.2) is 0 Å². The molecule has 0 atom stereocenters. The van der Waals surface area contributed by atoms with Crippen molar-refractivity contribution in [2.75, 3.05) is 0 Å². The summed E-state index contributed by atoms with van der Waals surface area (Å²) in [7, 11) is -0.475. The van der Waals surface area contributed by atoms with Gasteiger partial charge in [-0.05, 0) is 47.6 Å². The third kappa shape index (κ3) is 2.45. The van der Waals surface area contributed by atoms with Gasteiger partial charge in [-0.3, -0.25) is 9.78 Å². The molecule has 0 saturated carbocycles. The Bertz CT molecular complexity index is 509. The SMILES string of the molecule is CC(=O)c1cnc(C)c(B2OC(C)(C)C(C)(C)O2)c1. The van der Waals surface area contributed by atoms with Crippen molar-refractivity contribution >= 4 is 18.4 Å². The molecule has 0 radical (unpaired) electrons. The van der Waals surface area contributed by atoms with Crippen LogP contribution in [0.4, 0.5) is 0 Å². The molecule has 19 heavy (non-hydrogen) atoms. The Balaban J connectivity index is 2.39. The van der Waals surface area contributed by atoms with Gasteiger partial charge in [0.05, 0.1) is 11.2 Å². The van der Waals surface area contributed by atoms with Gasteiger partial charge >= 0.3 is 7.12 Å². The molecule has 5 heteroatoms. The fourth-order valence-corrected chi connectivity index (χ4v) is 1.95. The Morgan fingerprint density at radius 1 is 1.21 bits per heavy atom. The number of carbonyl (C=O) groups excluding carboxylic acids is 1. The van der Waals surface area contributed by atoms with Crippen LogP contribution in [0, 0.1) is 6.92 Å². The lowest BCUT2D eigenvalue weighted by Crippen LogP contribution is -2.41. The van der Waals surface area contributed by atoms with Crippen molar-refractivity contribution in [3.63, 3.8) is 0 Å². The van der Waals surface area contributed by atoms with E-state index in [1.165, 1.54) is 6.92 Å². The van der Waals surface area contributed by atoms with Gasteiger partial charge in [0.25, 0.3) is 0 Å². The molecule has 4 nitrogen and oxygen atoms in total. The van der Waals surface area contributed by atoms with Gasteiger partial charge in [0, 0.05) is 22.9 Å². The Morgan fingerprint density at radius 3 is 2.21 bits per heavy atom. The average Bonchev–Trinajstić information content (AvgIpc) is 2.48. The summed E-state index contributed by atoms with van der Waals surface area (Å²) in [6.07, 6.45) is 1.59. The lowest BCUT2D eigenvalue weighted by molar-refractivity contribution is 0.00578. The molecule has 0 bridgehead atoms. The zero-order valence-corrected chi connectivity index (χ0v) is 12.4. The van der Waals surface area contributed by atoms with Crippen LogP contribution in [-0.2, 0) is 9.31 Å². The molecule has 1 aromatic rings. The maximum Gasteiger partial charge on any atom is 0.496 e. The van der Waals surface area contributed by atoms with Crippen LogP contribution in [0.3, 0.4) is 0 Å². The average molecular weight is 261 g/mol. The van der Waals surface area contributed by atoms with E-state index in [2.05, 4.69) is 4.98 Å². The first kappa shape index (κ1) is 14.2. The number of ketones is 1. The van der Waals surface area contributed by atoms with Crippen molar-refractivity contribution < 1.29 is 14.1 Å². The lowest BCUT2D eigenvalue weighted by atomic mass is 9.77. The third-order valence-corrected chi connectivity index (χ3v) is 4.04. The summed E-state index contributed by atoms with van der Waals surface area (Å²) in [5.41, 5.74) is 1.44. The predicted molar refractivity (Wildman–Crippen MR) is 74.7 cm³/mol. The third-order valence-electron chi connectivity index (χ3n) is 4.04. The molecule has 1 aliphatic rings. The number of pyridine rings is 1. The van der Waals surface area contributed by atoms with Gasteiger partial charge in [0.1, 0.15) is 0 Å². The van der Waals surface area contributed by atoms with Crippen LogP contribution in [0.15, 0.2) is 12.3 Å². The number of hydrogen-bond acceptors (Lipinski definition) is 4. The summed E-state index contributed by atoms with van der Waals surface area (Å²) in [6, 6.07) is 1.81. The first-order valence-electron chi connectivity index (χ1n) is 6.47. The first-order valence-corrected chi connectivity index (χ1v) is 6.47. The largest absolute Gasteiger partial charge is 0.496 e. The van der Waals surface area contributed by atoms with E-state index in [0.717, 1.165) is 11.2 Å². The highest BCUT2D eigenvalue weighted by Crippen LogP contribution is 2.36. The van der Waals surface area contributed by atoms with Gasteiger partial charge in [-0.15, -0.1) is 0 Å². The Hall–Kier alpha value is -1.20. The number of hydrogen-bond donors (Lipinski definition) is 0. The standard InChI is InChI=1S/C14H20BNO3/c1-9-12(7-11(8-16-9)10(2)17)15-18-13(3,4)14(5,6)19-15/h7-8H,1-6H3. The van der Waals surface area contributed by atoms with Crippen LogP contribution in [0.2, 0.25) is 0 Å². The van der Waals surface area contributed by atoms with Gasteiger partial charge in [0.15, 0.2) is 5.78 Å². The fourth-order valence-electron chi connectivity index (χ4n) is 1.95. The molecule has 1 aliphatic heterocycles. The van der Waals surface area contributed by atoms with E-state index in [1.807, 2.05) is 40.7 Å². The van der Waals surface area contributed by atoms with E-state index in [9.17, 15) is 4.79 Å². The van der Waals surface area contributed by atoms with Crippen molar-refractivity contribution in [3.05, 3.63) is 23.5 Å². The van der Waals surface area contributed by atoms with Crippen molar-refractivity contribution in [2.24, 2.45) is 0 Å². The quantitative estimate of drug-likeness (QED) is 0.602. The maximum absolute atomic E-state index is 11.5. The molecule has 0 aromatic carbocycles. The summed E-state index contributed by atoms with van der Waals surface area (Å²) in [6.45, 7) is 11.4. The topological polar surface area (TPSA) is 48.4 Å². The van der Waals surface area contributed by atoms with E-state index >= 15 is 0 Å². The predicted octanol–water partition coefficient (Wildman–Crippen LogP) is 1.89. The monoisotopic (exact) mass is 261 g/mol. The molecule has 2 heterocycles. The molecule has 1 fully saturated rings. The summed E-state index contributed by atoms with van der Waals surface area (Å²) in [5, 5.41) is 0. The molecular weight excluding hydrogens is 241 g/mol. The molecule has 0 N–H and O–H groups in total. The second-order valence-electron chi connectivity index (χ2n) is 6.04. The van der Waals surface area contributed by atoms with Crippen LogP contribution < -0.4 is 5.46 Å². The summed E-state index contributed by atoms with van der Waals surface area (Å²) in [5.74, 6) is -0.00901. The van der Waals surface area contributed by atoms with Gasteiger partial charge < -0.3 is 9.31 Å². The number of Topliss-reactive ketones (excluding diaryl/α,β-unsaturated/α-hetero) is 1. The fraction of sp³-hybridized carbons (Fsp3) is 0.571. The summed E-state index contributed by atoms with van der Waals surface area (Å²) in [4.78, 5) is 15.7. The minimum Gasteiger partial charge on any atom is -0.399 e. The van der Waals surface area contributed by atoms with E-state index in [1.54, 1.807) is 6.20 Å². The zero-order chi connectivity index (χ0) is 14.4. The molecular formula is C14H20BNO3. The van der Waals surface area contributed by atoms with E-state index in [4.69, 9.17) is 9.31 Å². The van der Waals surface area contributed by atoms with Crippen LogP contribution in [0.25, 0.3) is 0 Å². The minimum atomic E-state index is -0.475. The van der Waals surface area contributed by atoms with Crippen molar-refractivity contribution in [3.8, 4) is 0 Å². The summed E-state index contributed by atoms with van der Waals surface area (Å²) >= 11 is 0. The maximum atomic E-state index is 11.5. The highest BCUT2D eigenvalue weighted by Gasteiger charge is 2.52. The number of nitrogens with zero attached hydrogens (tertiary/aromatic N) is 1. The lowest BCUT2D eigenvalue weighted by Gasteiger charge is -2.32. The number of rotatable bonds is 2. The van der Waals surface area contributed by atoms with Crippen LogP contribution >= 0.6 is 0 Å². The Kier molecular flexibility index (Phi) is 3.31. The molecule has 1 aromatic heterocycles. The smallest absolute Gasteiger partial charge is 0.399 e. The highest BCUT2D eigenvalue weighted by molar-refractivity contribution is 6.62. The van der Waals surface area contributed by atoms with Gasteiger partial charge in [0.2, 0.25) is 0 Å². The van der Waals surface area contributed by atoms with Crippen molar-refractivity contribution in [1.82, 2.24) is 4.98 Å². The normalized spacial score (nSPS) is 20.6. The molecule has 0 unspecified atom stereocenters. The molecule has 0 amide bonds. The van der Waals surface area contributed by atoms with Gasteiger partial charge in [-0.1, -0.05) is 0 Å². The van der Waals surface area contributed by atoms with Crippen LogP contribution in [0.5, 0.6) is 0 Å². The number of aryl methyl sites for hydroxylation is 1. The Morgan fingerprint density at radius 2 is 1.74 bits per heavy atom. The van der Waals surface area contributed by atoms with Gasteiger partial charge in [-0.2, -0.15) is 0 Å². The highest BCUT2D eigenvalue weighted by atomic mass is 16.7. The molecule has 102 valence electrons. The molecule has 2 rings (SSSR count). The number of aromatic nitrogens is 1. The van der Waals surface area contributed by atoms with E-state index in [0.29, 0.717) is 5.56 Å².